The number of rotatable bonds is 1. The molecule has 1 atom stereocenters. The van der Waals surface area contributed by atoms with E-state index < -0.39 is 0 Å². The first-order valence-corrected chi connectivity index (χ1v) is 4.95. The minimum absolute atomic E-state index is 0.553. The van der Waals surface area contributed by atoms with Crippen molar-refractivity contribution in [3.63, 3.8) is 0 Å². The summed E-state index contributed by atoms with van der Waals surface area (Å²) in [5, 5.41) is 11.4. The number of hydrogen-bond donors (Lipinski definition) is 1. The molecule has 1 unspecified atom stereocenters. The topological polar surface area (TPSA) is 42.7 Å². The third-order valence-corrected chi connectivity index (χ3v) is 2.65. The van der Waals surface area contributed by atoms with Gasteiger partial charge in [0.2, 0.25) is 0 Å². The second kappa shape index (κ2) is 3.87. The van der Waals surface area contributed by atoms with Crippen LogP contribution in [0.1, 0.15) is 31.0 Å². The number of hydrogen-bond acceptors (Lipinski definition) is 3. The monoisotopic (exact) mass is 180 g/mol. The van der Waals surface area contributed by atoms with Gasteiger partial charge in [-0.05, 0) is 39.3 Å². The molecule has 0 aliphatic carbocycles. The van der Waals surface area contributed by atoms with Crippen molar-refractivity contribution in [3.05, 3.63) is 11.9 Å². The molecule has 13 heavy (non-hydrogen) atoms. The molecule has 0 spiro atoms. The van der Waals surface area contributed by atoms with Gasteiger partial charge in [0.05, 0.1) is 17.9 Å². The summed E-state index contributed by atoms with van der Waals surface area (Å²) in [5.41, 5.74) is 1.17. The summed E-state index contributed by atoms with van der Waals surface area (Å²) in [7, 11) is 0. The van der Waals surface area contributed by atoms with Crippen molar-refractivity contribution >= 4 is 0 Å². The standard InChI is InChI=1S/C9H16N4/c1-8-7-11-12-13(8)9-3-2-5-10-6-4-9/h7,9-10H,2-6H2,1H3. The Morgan fingerprint density at radius 2 is 2.38 bits per heavy atom. The summed E-state index contributed by atoms with van der Waals surface area (Å²) in [6.45, 7) is 4.31. The first kappa shape index (κ1) is 8.69. The Balaban J connectivity index is 2.10. The predicted octanol–water partition coefficient (Wildman–Crippen LogP) is 0.901. The normalized spacial score (nSPS) is 24.2. The summed E-state index contributed by atoms with van der Waals surface area (Å²) in [4.78, 5) is 0. The molecular formula is C9H16N4. The zero-order valence-electron chi connectivity index (χ0n) is 8.03. The van der Waals surface area contributed by atoms with E-state index in [9.17, 15) is 0 Å². The van der Waals surface area contributed by atoms with Crippen LogP contribution in [0.15, 0.2) is 6.20 Å². The van der Waals surface area contributed by atoms with Crippen molar-refractivity contribution < 1.29 is 0 Å². The molecule has 0 radical (unpaired) electrons. The van der Waals surface area contributed by atoms with E-state index in [-0.39, 0.29) is 0 Å². The number of aryl methyl sites for hydroxylation is 1. The molecule has 1 fully saturated rings. The molecule has 1 aliphatic heterocycles. The lowest BCUT2D eigenvalue weighted by Crippen LogP contribution is -2.16. The largest absolute Gasteiger partial charge is 0.317 e. The molecule has 2 rings (SSSR count). The molecule has 1 aromatic heterocycles. The van der Waals surface area contributed by atoms with Crippen molar-refractivity contribution in [1.82, 2.24) is 20.3 Å². The van der Waals surface area contributed by atoms with Crippen molar-refractivity contribution in [1.29, 1.82) is 0 Å². The minimum atomic E-state index is 0.553. The van der Waals surface area contributed by atoms with Crippen molar-refractivity contribution in [2.24, 2.45) is 0 Å². The zero-order valence-corrected chi connectivity index (χ0v) is 8.03. The lowest BCUT2D eigenvalue weighted by atomic mass is 10.1. The Bertz CT molecular complexity index is 260. The highest BCUT2D eigenvalue weighted by molar-refractivity contribution is 4.91. The molecule has 0 saturated carbocycles. The van der Waals surface area contributed by atoms with Gasteiger partial charge in [0.1, 0.15) is 0 Å². The van der Waals surface area contributed by atoms with Crippen LogP contribution in [0.25, 0.3) is 0 Å². The Kier molecular flexibility index (Phi) is 2.59. The molecule has 0 bridgehead atoms. The van der Waals surface area contributed by atoms with E-state index in [0.717, 1.165) is 13.1 Å². The second-order valence-corrected chi connectivity index (χ2v) is 3.65. The Labute approximate surface area is 78.3 Å². The molecule has 72 valence electrons. The van der Waals surface area contributed by atoms with E-state index in [1.54, 1.807) is 0 Å². The van der Waals surface area contributed by atoms with E-state index in [1.807, 2.05) is 6.20 Å². The highest BCUT2D eigenvalue weighted by atomic mass is 15.4. The van der Waals surface area contributed by atoms with E-state index >= 15 is 0 Å². The van der Waals surface area contributed by atoms with Crippen LogP contribution in [0, 0.1) is 6.92 Å². The maximum absolute atomic E-state index is 4.12. The number of nitrogens with one attached hydrogen (secondary N) is 1. The molecule has 4 heteroatoms. The minimum Gasteiger partial charge on any atom is -0.317 e. The Morgan fingerprint density at radius 1 is 1.46 bits per heavy atom. The highest BCUT2D eigenvalue weighted by Gasteiger charge is 2.15. The average molecular weight is 180 g/mol. The summed E-state index contributed by atoms with van der Waals surface area (Å²) in [6, 6.07) is 0.553. The molecule has 1 N–H and O–H groups in total. The maximum Gasteiger partial charge on any atom is 0.0722 e. The van der Waals surface area contributed by atoms with Gasteiger partial charge >= 0.3 is 0 Å². The molecular weight excluding hydrogens is 164 g/mol. The SMILES string of the molecule is Cc1cnnn1C1CCCNCC1. The fourth-order valence-electron chi connectivity index (χ4n) is 1.90. The van der Waals surface area contributed by atoms with Crippen LogP contribution in [0.2, 0.25) is 0 Å². The Morgan fingerprint density at radius 3 is 3.15 bits per heavy atom. The molecule has 4 nitrogen and oxygen atoms in total. The van der Waals surface area contributed by atoms with E-state index in [4.69, 9.17) is 0 Å². The summed E-state index contributed by atoms with van der Waals surface area (Å²) < 4.78 is 2.06. The quantitative estimate of drug-likeness (QED) is 0.698. The molecule has 1 aliphatic rings. The highest BCUT2D eigenvalue weighted by Crippen LogP contribution is 2.19. The van der Waals surface area contributed by atoms with Crippen molar-refractivity contribution in [3.8, 4) is 0 Å². The first-order chi connectivity index (χ1) is 6.38. The summed E-state index contributed by atoms with van der Waals surface area (Å²) in [6.07, 6.45) is 5.46. The van der Waals surface area contributed by atoms with Crippen LogP contribution in [0.5, 0.6) is 0 Å². The van der Waals surface area contributed by atoms with Crippen LogP contribution in [0.3, 0.4) is 0 Å². The van der Waals surface area contributed by atoms with Gasteiger partial charge in [-0.1, -0.05) is 5.21 Å². The van der Waals surface area contributed by atoms with Crippen LogP contribution in [-0.2, 0) is 0 Å². The second-order valence-electron chi connectivity index (χ2n) is 3.65. The molecule has 1 saturated heterocycles. The van der Waals surface area contributed by atoms with Crippen molar-refractivity contribution in [2.75, 3.05) is 13.1 Å². The van der Waals surface area contributed by atoms with E-state index in [0.29, 0.717) is 6.04 Å². The lowest BCUT2D eigenvalue weighted by molar-refractivity contribution is 0.397. The van der Waals surface area contributed by atoms with E-state index in [2.05, 4.69) is 27.2 Å². The fraction of sp³-hybridized carbons (Fsp3) is 0.778. The van der Waals surface area contributed by atoms with Gasteiger partial charge in [0.25, 0.3) is 0 Å². The average Bonchev–Trinajstić information content (AvgIpc) is 2.43. The smallest absolute Gasteiger partial charge is 0.0722 e. The molecule has 1 aromatic rings. The third kappa shape index (κ3) is 1.88. The van der Waals surface area contributed by atoms with Crippen LogP contribution >= 0.6 is 0 Å². The van der Waals surface area contributed by atoms with Gasteiger partial charge < -0.3 is 5.32 Å². The van der Waals surface area contributed by atoms with Gasteiger partial charge in [-0.15, -0.1) is 5.10 Å². The first-order valence-electron chi connectivity index (χ1n) is 4.95. The van der Waals surface area contributed by atoms with E-state index in [1.165, 1.54) is 25.0 Å². The van der Waals surface area contributed by atoms with Gasteiger partial charge in [-0.2, -0.15) is 0 Å². The van der Waals surface area contributed by atoms with Crippen LogP contribution in [0.4, 0.5) is 0 Å². The number of nitrogens with zero attached hydrogens (tertiary/aromatic N) is 3. The molecule has 0 aromatic carbocycles. The zero-order chi connectivity index (χ0) is 9.10. The Hall–Kier alpha value is -0.900. The number of aromatic nitrogens is 3. The molecule has 2 heterocycles. The predicted molar refractivity (Wildman–Crippen MR) is 50.5 cm³/mol. The summed E-state index contributed by atoms with van der Waals surface area (Å²) in [5.74, 6) is 0. The van der Waals surface area contributed by atoms with Crippen molar-refractivity contribution in [2.45, 2.75) is 32.2 Å². The van der Waals surface area contributed by atoms with Gasteiger partial charge in [0, 0.05) is 0 Å². The summed E-state index contributed by atoms with van der Waals surface area (Å²) >= 11 is 0. The van der Waals surface area contributed by atoms with Crippen LogP contribution < -0.4 is 5.32 Å². The van der Waals surface area contributed by atoms with Gasteiger partial charge in [-0.25, -0.2) is 4.68 Å². The maximum atomic E-state index is 4.12. The fourth-order valence-corrected chi connectivity index (χ4v) is 1.90. The molecule has 0 amide bonds. The van der Waals surface area contributed by atoms with Gasteiger partial charge in [0.15, 0.2) is 0 Å². The van der Waals surface area contributed by atoms with Gasteiger partial charge in [-0.3, -0.25) is 0 Å². The lowest BCUT2D eigenvalue weighted by Gasteiger charge is -2.14. The third-order valence-electron chi connectivity index (χ3n) is 2.65. The van der Waals surface area contributed by atoms with Crippen LogP contribution in [-0.4, -0.2) is 28.1 Å².